The van der Waals surface area contributed by atoms with Crippen LogP contribution in [0.5, 0.6) is 5.88 Å². The number of nitrogens with zero attached hydrogens (tertiary/aromatic N) is 4. The van der Waals surface area contributed by atoms with Crippen LogP contribution in [0.15, 0.2) is 42.7 Å². The number of hydrogen-bond acceptors (Lipinski definition) is 5. The number of hydrogen-bond donors (Lipinski definition) is 0. The Bertz CT molecular complexity index is 655. The van der Waals surface area contributed by atoms with Crippen molar-refractivity contribution in [2.45, 2.75) is 6.42 Å². The van der Waals surface area contributed by atoms with E-state index in [4.69, 9.17) is 4.74 Å². The summed E-state index contributed by atoms with van der Waals surface area (Å²) in [6, 6.07) is 9.85. The van der Waals surface area contributed by atoms with Gasteiger partial charge >= 0.3 is 0 Å². The molecule has 1 aromatic carbocycles. The summed E-state index contributed by atoms with van der Waals surface area (Å²) in [6.07, 6.45) is 3.77. The van der Waals surface area contributed by atoms with Gasteiger partial charge in [-0.2, -0.15) is 4.98 Å². The molecule has 6 heteroatoms. The number of carbonyl (C=O) groups is 1. The zero-order valence-corrected chi connectivity index (χ0v) is 13.2. The van der Waals surface area contributed by atoms with E-state index >= 15 is 0 Å². The number of piperazine rings is 1. The van der Waals surface area contributed by atoms with E-state index in [0.29, 0.717) is 25.4 Å². The van der Waals surface area contributed by atoms with Crippen LogP contribution >= 0.6 is 0 Å². The molecule has 1 amide bonds. The topological polar surface area (TPSA) is 58.6 Å². The van der Waals surface area contributed by atoms with Gasteiger partial charge in [-0.25, -0.2) is 0 Å². The molecule has 0 saturated carbocycles. The van der Waals surface area contributed by atoms with E-state index in [2.05, 4.69) is 14.9 Å². The van der Waals surface area contributed by atoms with Crippen LogP contribution in [-0.4, -0.2) is 54.1 Å². The van der Waals surface area contributed by atoms with Gasteiger partial charge in [0.2, 0.25) is 11.8 Å². The molecule has 1 aromatic heterocycles. The Labute approximate surface area is 135 Å². The van der Waals surface area contributed by atoms with Crippen LogP contribution in [0.2, 0.25) is 0 Å². The minimum absolute atomic E-state index is 0.174. The third-order valence-electron chi connectivity index (χ3n) is 3.96. The second-order valence-corrected chi connectivity index (χ2v) is 5.45. The van der Waals surface area contributed by atoms with Gasteiger partial charge in [0.15, 0.2) is 5.82 Å². The van der Waals surface area contributed by atoms with Crippen molar-refractivity contribution >= 4 is 11.7 Å². The smallest absolute Gasteiger partial charge is 0.233 e. The lowest BCUT2D eigenvalue weighted by Gasteiger charge is -2.35. The number of amides is 1. The number of rotatable bonds is 4. The maximum absolute atomic E-state index is 12.4. The molecular weight excluding hydrogens is 292 g/mol. The first kappa shape index (κ1) is 15.3. The quantitative estimate of drug-likeness (QED) is 0.853. The molecule has 2 aromatic rings. The van der Waals surface area contributed by atoms with E-state index < -0.39 is 0 Å². The number of benzene rings is 1. The van der Waals surface area contributed by atoms with Crippen LogP contribution in [0.1, 0.15) is 5.56 Å². The van der Waals surface area contributed by atoms with Gasteiger partial charge in [0.25, 0.3) is 0 Å². The third kappa shape index (κ3) is 3.77. The zero-order valence-electron chi connectivity index (χ0n) is 13.2. The Morgan fingerprint density at radius 1 is 1.13 bits per heavy atom. The highest BCUT2D eigenvalue weighted by Gasteiger charge is 2.22. The van der Waals surface area contributed by atoms with E-state index in [1.54, 1.807) is 19.5 Å². The molecule has 1 aliphatic heterocycles. The van der Waals surface area contributed by atoms with E-state index in [1.807, 2.05) is 35.2 Å². The first-order valence-corrected chi connectivity index (χ1v) is 7.69. The highest BCUT2D eigenvalue weighted by atomic mass is 16.5. The molecule has 0 radical (unpaired) electrons. The normalized spacial score (nSPS) is 14.7. The molecular formula is C17H20N4O2. The Morgan fingerprint density at radius 2 is 1.87 bits per heavy atom. The van der Waals surface area contributed by atoms with Crippen molar-refractivity contribution in [1.82, 2.24) is 14.9 Å². The summed E-state index contributed by atoms with van der Waals surface area (Å²) >= 11 is 0. The predicted molar refractivity (Wildman–Crippen MR) is 87.5 cm³/mol. The second kappa shape index (κ2) is 7.09. The van der Waals surface area contributed by atoms with Gasteiger partial charge in [0.1, 0.15) is 0 Å². The van der Waals surface area contributed by atoms with Crippen molar-refractivity contribution in [3.05, 3.63) is 48.3 Å². The summed E-state index contributed by atoms with van der Waals surface area (Å²) < 4.78 is 5.11. The molecule has 23 heavy (non-hydrogen) atoms. The number of anilines is 1. The average molecular weight is 312 g/mol. The summed E-state index contributed by atoms with van der Waals surface area (Å²) in [5, 5.41) is 0. The van der Waals surface area contributed by atoms with Gasteiger partial charge in [-0.05, 0) is 5.56 Å². The number of ether oxygens (including phenoxy) is 1. The molecule has 0 atom stereocenters. The molecule has 0 N–H and O–H groups in total. The SMILES string of the molecule is COc1cncc(N2CCN(C(=O)Cc3ccccc3)CC2)n1. The molecule has 1 saturated heterocycles. The van der Waals surface area contributed by atoms with Gasteiger partial charge in [-0.1, -0.05) is 30.3 Å². The van der Waals surface area contributed by atoms with Crippen molar-refractivity contribution in [2.24, 2.45) is 0 Å². The molecule has 0 spiro atoms. The molecule has 0 unspecified atom stereocenters. The fourth-order valence-corrected chi connectivity index (χ4v) is 2.66. The fraction of sp³-hybridized carbons (Fsp3) is 0.353. The number of carbonyl (C=O) groups excluding carboxylic acids is 1. The maximum atomic E-state index is 12.4. The Balaban J connectivity index is 1.56. The average Bonchev–Trinajstić information content (AvgIpc) is 2.63. The van der Waals surface area contributed by atoms with Crippen molar-refractivity contribution in [2.75, 3.05) is 38.2 Å². The summed E-state index contributed by atoms with van der Waals surface area (Å²) in [5.74, 6) is 1.47. The largest absolute Gasteiger partial charge is 0.480 e. The van der Waals surface area contributed by atoms with E-state index in [1.165, 1.54) is 0 Å². The van der Waals surface area contributed by atoms with Crippen LogP contribution in [0.3, 0.4) is 0 Å². The zero-order chi connectivity index (χ0) is 16.1. The van der Waals surface area contributed by atoms with Crippen LogP contribution in [0, 0.1) is 0 Å². The lowest BCUT2D eigenvalue weighted by atomic mass is 10.1. The van der Waals surface area contributed by atoms with Crippen molar-refractivity contribution in [3.63, 3.8) is 0 Å². The van der Waals surface area contributed by atoms with Crippen LogP contribution in [0.25, 0.3) is 0 Å². The summed E-state index contributed by atoms with van der Waals surface area (Å²) in [7, 11) is 1.58. The molecule has 0 aliphatic carbocycles. The highest BCUT2D eigenvalue weighted by Crippen LogP contribution is 2.16. The Morgan fingerprint density at radius 3 is 2.57 bits per heavy atom. The standard InChI is InChI=1S/C17H20N4O2/c1-23-16-13-18-12-15(19-16)20-7-9-21(10-8-20)17(22)11-14-5-3-2-4-6-14/h2-6,12-13H,7-11H2,1H3. The Hall–Kier alpha value is -2.63. The molecule has 6 nitrogen and oxygen atoms in total. The summed E-state index contributed by atoms with van der Waals surface area (Å²) in [5.41, 5.74) is 1.05. The van der Waals surface area contributed by atoms with E-state index in [0.717, 1.165) is 24.5 Å². The monoisotopic (exact) mass is 312 g/mol. The first-order valence-electron chi connectivity index (χ1n) is 7.69. The molecule has 2 heterocycles. The lowest BCUT2D eigenvalue weighted by molar-refractivity contribution is -0.130. The molecule has 0 bridgehead atoms. The van der Waals surface area contributed by atoms with Crippen LogP contribution < -0.4 is 9.64 Å². The molecule has 1 aliphatic rings. The predicted octanol–water partition coefficient (Wildman–Crippen LogP) is 1.38. The van der Waals surface area contributed by atoms with Gasteiger partial charge in [-0.15, -0.1) is 0 Å². The van der Waals surface area contributed by atoms with Crippen molar-refractivity contribution in [3.8, 4) is 5.88 Å². The third-order valence-corrected chi connectivity index (χ3v) is 3.96. The minimum Gasteiger partial charge on any atom is -0.480 e. The number of methoxy groups -OCH3 is 1. The molecule has 1 fully saturated rings. The van der Waals surface area contributed by atoms with Gasteiger partial charge in [0.05, 0.1) is 25.9 Å². The minimum atomic E-state index is 0.174. The van der Waals surface area contributed by atoms with E-state index in [9.17, 15) is 4.79 Å². The molecule has 3 rings (SSSR count). The fourth-order valence-electron chi connectivity index (χ4n) is 2.66. The first-order chi connectivity index (χ1) is 11.3. The van der Waals surface area contributed by atoms with Gasteiger partial charge < -0.3 is 14.5 Å². The van der Waals surface area contributed by atoms with Gasteiger partial charge in [-0.3, -0.25) is 9.78 Å². The maximum Gasteiger partial charge on any atom is 0.233 e. The van der Waals surface area contributed by atoms with E-state index in [-0.39, 0.29) is 5.91 Å². The second-order valence-electron chi connectivity index (χ2n) is 5.45. The Kier molecular flexibility index (Phi) is 4.71. The van der Waals surface area contributed by atoms with Crippen LogP contribution in [-0.2, 0) is 11.2 Å². The lowest BCUT2D eigenvalue weighted by Crippen LogP contribution is -2.49. The van der Waals surface area contributed by atoms with Crippen LogP contribution in [0.4, 0.5) is 5.82 Å². The summed E-state index contributed by atoms with van der Waals surface area (Å²) in [4.78, 5) is 24.9. The summed E-state index contributed by atoms with van der Waals surface area (Å²) in [6.45, 7) is 2.90. The highest BCUT2D eigenvalue weighted by molar-refractivity contribution is 5.79. The molecule has 120 valence electrons. The van der Waals surface area contributed by atoms with Gasteiger partial charge in [0, 0.05) is 26.2 Å². The number of aromatic nitrogens is 2. The van der Waals surface area contributed by atoms with Crippen molar-refractivity contribution in [1.29, 1.82) is 0 Å². The van der Waals surface area contributed by atoms with Crippen molar-refractivity contribution < 1.29 is 9.53 Å².